The van der Waals surface area contributed by atoms with Crippen molar-refractivity contribution in [1.29, 1.82) is 5.26 Å². The molecule has 0 radical (unpaired) electrons. The van der Waals surface area contributed by atoms with E-state index in [4.69, 9.17) is 10.00 Å². The SMILES string of the molecule is N#Cc1cccc(NC(=O)COC(=O)c2cnn3c(-c4ccccc4)ccnc23)c1. The van der Waals surface area contributed by atoms with E-state index in [1.165, 1.54) is 12.3 Å². The van der Waals surface area contributed by atoms with Crippen LogP contribution in [0.5, 0.6) is 0 Å². The molecule has 8 nitrogen and oxygen atoms in total. The van der Waals surface area contributed by atoms with Gasteiger partial charge in [-0.15, -0.1) is 0 Å². The van der Waals surface area contributed by atoms with Crippen molar-refractivity contribution in [2.75, 3.05) is 11.9 Å². The Hall–Kier alpha value is -4.51. The van der Waals surface area contributed by atoms with E-state index in [0.29, 0.717) is 16.9 Å². The van der Waals surface area contributed by atoms with Crippen molar-refractivity contribution in [3.63, 3.8) is 0 Å². The third kappa shape index (κ3) is 3.86. The van der Waals surface area contributed by atoms with Crippen LogP contribution >= 0.6 is 0 Å². The lowest BCUT2D eigenvalue weighted by Crippen LogP contribution is -2.21. The van der Waals surface area contributed by atoms with E-state index in [1.807, 2.05) is 36.4 Å². The molecular formula is C22H15N5O3. The van der Waals surface area contributed by atoms with E-state index in [1.54, 1.807) is 35.0 Å². The Morgan fingerprint density at radius 1 is 1.10 bits per heavy atom. The smallest absolute Gasteiger partial charge is 0.344 e. The van der Waals surface area contributed by atoms with Crippen LogP contribution in [0, 0.1) is 11.3 Å². The van der Waals surface area contributed by atoms with Crippen LogP contribution in [0.1, 0.15) is 15.9 Å². The molecule has 0 fully saturated rings. The highest BCUT2D eigenvalue weighted by molar-refractivity contribution is 5.98. The van der Waals surface area contributed by atoms with Crippen LogP contribution in [-0.2, 0) is 9.53 Å². The lowest BCUT2D eigenvalue weighted by Gasteiger charge is -2.07. The van der Waals surface area contributed by atoms with Gasteiger partial charge >= 0.3 is 5.97 Å². The Labute approximate surface area is 171 Å². The van der Waals surface area contributed by atoms with Crippen molar-refractivity contribution in [2.24, 2.45) is 0 Å². The molecule has 0 saturated heterocycles. The Morgan fingerprint density at radius 3 is 2.73 bits per heavy atom. The van der Waals surface area contributed by atoms with Crippen molar-refractivity contribution >= 4 is 23.2 Å². The molecule has 0 saturated carbocycles. The van der Waals surface area contributed by atoms with Gasteiger partial charge in [-0.1, -0.05) is 36.4 Å². The fraction of sp³-hybridized carbons (Fsp3) is 0.0455. The third-order valence-electron chi connectivity index (χ3n) is 4.30. The molecule has 1 N–H and O–H groups in total. The zero-order valence-electron chi connectivity index (χ0n) is 15.6. The number of carbonyl (C=O) groups is 2. The van der Waals surface area contributed by atoms with Crippen LogP contribution in [-0.4, -0.2) is 33.1 Å². The van der Waals surface area contributed by atoms with Gasteiger partial charge in [0.25, 0.3) is 5.91 Å². The fourth-order valence-electron chi connectivity index (χ4n) is 2.94. The van der Waals surface area contributed by atoms with Gasteiger partial charge in [-0.25, -0.2) is 14.3 Å². The summed E-state index contributed by atoms with van der Waals surface area (Å²) in [4.78, 5) is 28.8. The van der Waals surface area contributed by atoms with E-state index >= 15 is 0 Å². The number of ether oxygens (including phenoxy) is 1. The summed E-state index contributed by atoms with van der Waals surface area (Å²) in [6, 6.07) is 19.8. The topological polar surface area (TPSA) is 109 Å². The van der Waals surface area contributed by atoms with Gasteiger partial charge in [0, 0.05) is 17.4 Å². The largest absolute Gasteiger partial charge is 0.452 e. The number of anilines is 1. The number of nitrogens with one attached hydrogen (secondary N) is 1. The number of rotatable bonds is 5. The number of amides is 1. The second-order valence-electron chi connectivity index (χ2n) is 6.31. The van der Waals surface area contributed by atoms with Gasteiger partial charge in [0.15, 0.2) is 12.3 Å². The van der Waals surface area contributed by atoms with E-state index in [0.717, 1.165) is 11.3 Å². The second kappa shape index (κ2) is 8.24. The van der Waals surface area contributed by atoms with Crippen molar-refractivity contribution in [2.45, 2.75) is 0 Å². The summed E-state index contributed by atoms with van der Waals surface area (Å²) in [7, 11) is 0. The van der Waals surface area contributed by atoms with E-state index in [9.17, 15) is 9.59 Å². The zero-order valence-corrected chi connectivity index (χ0v) is 15.6. The number of aromatic nitrogens is 3. The van der Waals surface area contributed by atoms with E-state index < -0.39 is 18.5 Å². The van der Waals surface area contributed by atoms with Crippen molar-refractivity contribution < 1.29 is 14.3 Å². The number of carbonyl (C=O) groups excluding carboxylic acids is 2. The first-order chi connectivity index (χ1) is 14.7. The van der Waals surface area contributed by atoms with Crippen molar-refractivity contribution in [3.05, 3.63) is 84.2 Å². The minimum absolute atomic E-state index is 0.159. The summed E-state index contributed by atoms with van der Waals surface area (Å²) < 4.78 is 6.68. The minimum atomic E-state index is -0.705. The average Bonchev–Trinajstić information content (AvgIpc) is 3.22. The molecule has 0 aliphatic carbocycles. The molecule has 146 valence electrons. The Kier molecular flexibility index (Phi) is 5.17. The number of hydrogen-bond donors (Lipinski definition) is 1. The van der Waals surface area contributed by atoms with Crippen LogP contribution in [0.2, 0.25) is 0 Å². The van der Waals surface area contributed by atoms with Gasteiger partial charge in [0.2, 0.25) is 0 Å². The molecule has 8 heteroatoms. The number of fused-ring (bicyclic) bond motifs is 1. The standard InChI is InChI=1S/C22H15N5O3/c23-12-15-5-4-8-17(11-15)26-20(28)14-30-22(29)18-13-25-27-19(9-10-24-21(18)27)16-6-2-1-3-7-16/h1-11,13H,14H2,(H,26,28). The molecule has 0 atom stereocenters. The van der Waals surface area contributed by atoms with Gasteiger partial charge < -0.3 is 10.1 Å². The molecule has 0 spiro atoms. The summed E-state index contributed by atoms with van der Waals surface area (Å²) >= 11 is 0. The first-order valence-corrected chi connectivity index (χ1v) is 9.01. The number of benzene rings is 2. The average molecular weight is 397 g/mol. The van der Waals surface area contributed by atoms with Gasteiger partial charge in [0.05, 0.1) is 23.5 Å². The molecular weight excluding hydrogens is 382 g/mol. The maximum atomic E-state index is 12.5. The summed E-state index contributed by atoms with van der Waals surface area (Å²) in [6.07, 6.45) is 2.95. The van der Waals surface area contributed by atoms with Crippen LogP contribution < -0.4 is 5.32 Å². The fourth-order valence-corrected chi connectivity index (χ4v) is 2.94. The number of nitrogens with zero attached hydrogens (tertiary/aromatic N) is 4. The molecule has 30 heavy (non-hydrogen) atoms. The molecule has 4 rings (SSSR count). The lowest BCUT2D eigenvalue weighted by molar-refractivity contribution is -0.119. The molecule has 0 bridgehead atoms. The van der Waals surface area contributed by atoms with Crippen LogP contribution in [0.3, 0.4) is 0 Å². The predicted molar refractivity (Wildman–Crippen MR) is 108 cm³/mol. The van der Waals surface area contributed by atoms with Gasteiger partial charge in [0.1, 0.15) is 5.56 Å². The molecule has 2 heterocycles. The highest BCUT2D eigenvalue weighted by atomic mass is 16.5. The molecule has 0 aliphatic heterocycles. The molecule has 2 aromatic carbocycles. The quantitative estimate of drug-likeness (QED) is 0.518. The summed E-state index contributed by atoms with van der Waals surface area (Å²) in [5.74, 6) is -1.23. The zero-order chi connectivity index (χ0) is 20.9. The summed E-state index contributed by atoms with van der Waals surface area (Å²) in [6.45, 7) is -0.481. The predicted octanol–water partition coefficient (Wildman–Crippen LogP) is 3.06. The van der Waals surface area contributed by atoms with Crippen LogP contribution in [0.25, 0.3) is 16.9 Å². The number of nitriles is 1. The Balaban J connectivity index is 1.47. The number of hydrogen-bond acceptors (Lipinski definition) is 6. The molecule has 0 unspecified atom stereocenters. The van der Waals surface area contributed by atoms with Gasteiger partial charge in [-0.3, -0.25) is 4.79 Å². The van der Waals surface area contributed by atoms with E-state index in [-0.39, 0.29) is 5.56 Å². The van der Waals surface area contributed by atoms with Crippen LogP contribution in [0.15, 0.2) is 73.1 Å². The van der Waals surface area contributed by atoms with Gasteiger partial charge in [-0.05, 0) is 24.3 Å². The lowest BCUT2D eigenvalue weighted by atomic mass is 10.1. The van der Waals surface area contributed by atoms with Crippen LogP contribution in [0.4, 0.5) is 5.69 Å². The van der Waals surface area contributed by atoms with Crippen molar-refractivity contribution in [1.82, 2.24) is 14.6 Å². The first kappa shape index (κ1) is 18.8. The Bertz CT molecular complexity index is 1270. The summed E-state index contributed by atoms with van der Waals surface area (Å²) in [5.41, 5.74) is 3.05. The van der Waals surface area contributed by atoms with Gasteiger partial charge in [-0.2, -0.15) is 10.4 Å². The molecule has 4 aromatic rings. The second-order valence-corrected chi connectivity index (χ2v) is 6.31. The monoisotopic (exact) mass is 397 g/mol. The normalized spacial score (nSPS) is 10.4. The Morgan fingerprint density at radius 2 is 1.93 bits per heavy atom. The first-order valence-electron chi connectivity index (χ1n) is 9.01. The maximum absolute atomic E-state index is 12.5. The maximum Gasteiger partial charge on any atom is 0.344 e. The van der Waals surface area contributed by atoms with E-state index in [2.05, 4.69) is 15.4 Å². The van der Waals surface area contributed by atoms with Crippen molar-refractivity contribution in [3.8, 4) is 17.3 Å². The molecule has 2 aromatic heterocycles. The molecule has 0 aliphatic rings. The highest BCUT2D eigenvalue weighted by Crippen LogP contribution is 2.21. The highest BCUT2D eigenvalue weighted by Gasteiger charge is 2.18. The minimum Gasteiger partial charge on any atom is -0.452 e. The number of esters is 1. The summed E-state index contributed by atoms with van der Waals surface area (Å²) in [5, 5.41) is 15.7. The molecule has 1 amide bonds. The third-order valence-corrected chi connectivity index (χ3v) is 4.30.